The summed E-state index contributed by atoms with van der Waals surface area (Å²) in [5.41, 5.74) is 3.03. The predicted molar refractivity (Wildman–Crippen MR) is 89.3 cm³/mol. The number of likely N-dealkylation sites (tertiary alicyclic amines) is 1. The van der Waals surface area contributed by atoms with E-state index in [1.807, 2.05) is 19.1 Å². The molecule has 1 saturated heterocycles. The molecular weight excluding hydrogens is 290 g/mol. The third kappa shape index (κ3) is 3.96. The first-order valence-electron chi connectivity index (χ1n) is 8.07. The van der Waals surface area contributed by atoms with Gasteiger partial charge in [0, 0.05) is 37.9 Å². The number of rotatable bonds is 5. The fourth-order valence-corrected chi connectivity index (χ4v) is 3.15. The summed E-state index contributed by atoms with van der Waals surface area (Å²) in [6.07, 6.45) is 4.94. The fourth-order valence-electron chi connectivity index (χ4n) is 3.15. The molecule has 6 heteroatoms. The Morgan fingerprint density at radius 2 is 2.30 bits per heavy atom. The summed E-state index contributed by atoms with van der Waals surface area (Å²) in [5.74, 6) is 0.0348. The van der Waals surface area contributed by atoms with Crippen molar-refractivity contribution in [1.82, 2.24) is 19.7 Å². The first-order valence-corrected chi connectivity index (χ1v) is 8.07. The second kappa shape index (κ2) is 6.91. The van der Waals surface area contributed by atoms with Gasteiger partial charge in [0.05, 0.1) is 23.6 Å². The Balaban J connectivity index is 1.47. The van der Waals surface area contributed by atoms with E-state index in [0.717, 1.165) is 37.4 Å². The molecule has 0 spiro atoms. The molecule has 3 heterocycles. The minimum Gasteiger partial charge on any atom is -0.325 e. The molecule has 0 aromatic carbocycles. The summed E-state index contributed by atoms with van der Waals surface area (Å²) >= 11 is 0. The number of hydrogen-bond acceptors (Lipinski definition) is 4. The quantitative estimate of drug-likeness (QED) is 0.919. The van der Waals surface area contributed by atoms with Crippen LogP contribution in [0.15, 0.2) is 30.6 Å². The number of nitrogens with zero attached hydrogens (tertiary/aromatic N) is 4. The van der Waals surface area contributed by atoms with Crippen molar-refractivity contribution in [3.8, 4) is 0 Å². The summed E-state index contributed by atoms with van der Waals surface area (Å²) in [7, 11) is 0. The molecule has 0 bridgehead atoms. The number of nitrogens with one attached hydrogen (secondary N) is 1. The molecule has 122 valence electrons. The Labute approximate surface area is 136 Å². The summed E-state index contributed by atoms with van der Waals surface area (Å²) in [6, 6.07) is 6.20. The molecular formula is C17H23N5O. The average molecular weight is 313 g/mol. The van der Waals surface area contributed by atoms with Gasteiger partial charge in [-0.3, -0.25) is 14.5 Å². The van der Waals surface area contributed by atoms with Crippen molar-refractivity contribution in [3.05, 3.63) is 42.0 Å². The first-order chi connectivity index (χ1) is 11.1. The van der Waals surface area contributed by atoms with Crippen molar-refractivity contribution in [1.29, 1.82) is 0 Å². The van der Waals surface area contributed by atoms with E-state index in [9.17, 15) is 4.79 Å². The molecule has 1 aliphatic heterocycles. The molecule has 2 aromatic heterocycles. The van der Waals surface area contributed by atoms with Gasteiger partial charge in [0.25, 0.3) is 0 Å². The van der Waals surface area contributed by atoms with Crippen molar-refractivity contribution >= 4 is 11.6 Å². The van der Waals surface area contributed by atoms with Gasteiger partial charge in [-0.2, -0.15) is 5.10 Å². The molecule has 0 aliphatic carbocycles. The molecule has 1 aliphatic rings. The van der Waals surface area contributed by atoms with Crippen LogP contribution in [-0.4, -0.2) is 45.2 Å². The van der Waals surface area contributed by atoms with E-state index >= 15 is 0 Å². The van der Waals surface area contributed by atoms with Crippen molar-refractivity contribution in [2.24, 2.45) is 0 Å². The van der Waals surface area contributed by atoms with E-state index in [0.29, 0.717) is 12.5 Å². The summed E-state index contributed by atoms with van der Waals surface area (Å²) in [4.78, 5) is 18.3. The molecule has 23 heavy (non-hydrogen) atoms. The lowest BCUT2D eigenvalue weighted by atomic mass is 10.2. The van der Waals surface area contributed by atoms with Crippen LogP contribution in [0.3, 0.4) is 0 Å². The SMILES string of the molecule is Cc1cc(C)n(C2CCN(CCC(=O)Nc3cccnc3)C2)n1. The molecule has 2 aromatic rings. The fraction of sp³-hybridized carbons (Fsp3) is 0.471. The zero-order chi connectivity index (χ0) is 16.2. The molecule has 1 fully saturated rings. The zero-order valence-electron chi connectivity index (χ0n) is 13.7. The highest BCUT2D eigenvalue weighted by molar-refractivity contribution is 5.90. The third-order valence-corrected chi connectivity index (χ3v) is 4.24. The largest absolute Gasteiger partial charge is 0.325 e. The van der Waals surface area contributed by atoms with Crippen LogP contribution < -0.4 is 5.32 Å². The summed E-state index contributed by atoms with van der Waals surface area (Å²) in [5, 5.41) is 7.46. The predicted octanol–water partition coefficient (Wildman–Crippen LogP) is 2.17. The Bertz CT molecular complexity index is 667. The Kier molecular flexibility index (Phi) is 4.71. The molecule has 1 unspecified atom stereocenters. The van der Waals surface area contributed by atoms with Gasteiger partial charge in [0.1, 0.15) is 0 Å². The number of anilines is 1. The summed E-state index contributed by atoms with van der Waals surface area (Å²) in [6.45, 7) is 6.89. The molecule has 1 N–H and O–H groups in total. The van der Waals surface area contributed by atoms with Crippen molar-refractivity contribution < 1.29 is 4.79 Å². The molecule has 6 nitrogen and oxygen atoms in total. The van der Waals surface area contributed by atoms with Crippen LogP contribution in [0.4, 0.5) is 5.69 Å². The number of aryl methyl sites for hydroxylation is 2. The number of carbonyl (C=O) groups excluding carboxylic acids is 1. The highest BCUT2D eigenvalue weighted by Crippen LogP contribution is 2.23. The van der Waals surface area contributed by atoms with E-state index in [-0.39, 0.29) is 5.91 Å². The first kappa shape index (κ1) is 15.7. The van der Waals surface area contributed by atoms with Crippen LogP contribution in [0.1, 0.15) is 30.3 Å². The maximum absolute atomic E-state index is 12.0. The summed E-state index contributed by atoms with van der Waals surface area (Å²) < 4.78 is 2.13. The van der Waals surface area contributed by atoms with Crippen LogP contribution in [0, 0.1) is 13.8 Å². The Hall–Kier alpha value is -2.21. The topological polar surface area (TPSA) is 63.1 Å². The van der Waals surface area contributed by atoms with E-state index in [1.54, 1.807) is 12.4 Å². The minimum absolute atomic E-state index is 0.0348. The number of pyridine rings is 1. The van der Waals surface area contributed by atoms with E-state index in [2.05, 4.69) is 38.0 Å². The maximum atomic E-state index is 12.0. The van der Waals surface area contributed by atoms with Gasteiger partial charge in [-0.15, -0.1) is 0 Å². The highest BCUT2D eigenvalue weighted by atomic mass is 16.1. The van der Waals surface area contributed by atoms with Crippen LogP contribution in [0.5, 0.6) is 0 Å². The van der Waals surface area contributed by atoms with Gasteiger partial charge in [0.15, 0.2) is 0 Å². The van der Waals surface area contributed by atoms with E-state index < -0.39 is 0 Å². The van der Waals surface area contributed by atoms with Gasteiger partial charge >= 0.3 is 0 Å². The Morgan fingerprint density at radius 3 is 3.00 bits per heavy atom. The van der Waals surface area contributed by atoms with Crippen molar-refractivity contribution in [2.45, 2.75) is 32.7 Å². The smallest absolute Gasteiger partial charge is 0.225 e. The number of amides is 1. The monoisotopic (exact) mass is 313 g/mol. The van der Waals surface area contributed by atoms with Crippen molar-refractivity contribution in [3.63, 3.8) is 0 Å². The van der Waals surface area contributed by atoms with Crippen molar-refractivity contribution in [2.75, 3.05) is 25.0 Å². The van der Waals surface area contributed by atoms with E-state index in [4.69, 9.17) is 0 Å². The van der Waals surface area contributed by atoms with E-state index in [1.165, 1.54) is 5.69 Å². The highest BCUT2D eigenvalue weighted by Gasteiger charge is 2.25. The standard InChI is InChI=1S/C17H23N5O/c1-13-10-14(2)22(20-13)16-5-8-21(12-16)9-6-17(23)19-15-4-3-7-18-11-15/h3-4,7,10-11,16H,5-6,8-9,12H2,1-2H3,(H,19,23). The van der Waals surface area contributed by atoms with Crippen LogP contribution >= 0.6 is 0 Å². The molecule has 1 amide bonds. The van der Waals surface area contributed by atoms with Crippen LogP contribution in [0.2, 0.25) is 0 Å². The molecule has 0 saturated carbocycles. The van der Waals surface area contributed by atoms with Gasteiger partial charge in [-0.1, -0.05) is 0 Å². The maximum Gasteiger partial charge on any atom is 0.225 e. The average Bonchev–Trinajstić information content (AvgIpc) is 3.12. The van der Waals surface area contributed by atoms with Gasteiger partial charge < -0.3 is 10.2 Å². The second-order valence-corrected chi connectivity index (χ2v) is 6.15. The lowest BCUT2D eigenvalue weighted by molar-refractivity contribution is -0.116. The lowest BCUT2D eigenvalue weighted by Gasteiger charge is -2.16. The minimum atomic E-state index is 0.0348. The third-order valence-electron chi connectivity index (χ3n) is 4.24. The van der Waals surface area contributed by atoms with Crippen LogP contribution in [-0.2, 0) is 4.79 Å². The van der Waals surface area contributed by atoms with Gasteiger partial charge in [-0.05, 0) is 38.5 Å². The Morgan fingerprint density at radius 1 is 1.43 bits per heavy atom. The van der Waals surface area contributed by atoms with Gasteiger partial charge in [0.2, 0.25) is 5.91 Å². The number of aromatic nitrogens is 3. The molecule has 3 rings (SSSR count). The molecule has 1 atom stereocenters. The molecule has 0 radical (unpaired) electrons. The lowest BCUT2D eigenvalue weighted by Crippen LogP contribution is -2.26. The zero-order valence-corrected chi connectivity index (χ0v) is 13.7. The second-order valence-electron chi connectivity index (χ2n) is 6.15. The number of carbonyl (C=O) groups is 1. The normalized spacial score (nSPS) is 18.3. The number of hydrogen-bond donors (Lipinski definition) is 1. The van der Waals surface area contributed by atoms with Gasteiger partial charge in [-0.25, -0.2) is 0 Å². The van der Waals surface area contributed by atoms with Crippen LogP contribution in [0.25, 0.3) is 0 Å².